The lowest BCUT2D eigenvalue weighted by atomic mass is 9.66. The second kappa shape index (κ2) is 2.75. The van der Waals surface area contributed by atoms with E-state index < -0.39 is 0 Å². The molecule has 0 aromatic carbocycles. The van der Waals surface area contributed by atoms with Gasteiger partial charge in [-0.25, -0.2) is 0 Å². The molecule has 0 aromatic rings. The predicted molar refractivity (Wildman–Crippen MR) is 61.4 cm³/mol. The molecule has 0 amide bonds. The molecule has 0 aromatic heterocycles. The van der Waals surface area contributed by atoms with E-state index in [1.54, 1.807) is 0 Å². The Hall–Kier alpha value is -0.0400. The van der Waals surface area contributed by atoms with Gasteiger partial charge in [-0.05, 0) is 38.0 Å². The van der Waals surface area contributed by atoms with Crippen molar-refractivity contribution in [1.82, 2.24) is 0 Å². The maximum absolute atomic E-state index is 5.90. The van der Waals surface area contributed by atoms with Crippen molar-refractivity contribution in [3.05, 3.63) is 0 Å². The highest BCUT2D eigenvalue weighted by Crippen LogP contribution is 2.60. The third-order valence-corrected chi connectivity index (χ3v) is 3.83. The van der Waals surface area contributed by atoms with Crippen LogP contribution < -0.4 is 0 Å². The van der Waals surface area contributed by atoms with Gasteiger partial charge in [-0.1, -0.05) is 34.6 Å². The first-order chi connectivity index (χ1) is 5.91. The largest absolute Gasteiger partial charge is 0.363 e. The maximum Gasteiger partial charge on any atom is 0.0997 e. The van der Waals surface area contributed by atoms with Crippen LogP contribution in [0.5, 0.6) is 0 Å². The zero-order chi connectivity index (χ0) is 11.4. The highest BCUT2D eigenvalue weighted by Gasteiger charge is 2.67. The Kier molecular flexibility index (Phi) is 2.36. The lowest BCUT2D eigenvalue weighted by molar-refractivity contribution is 0.0991. The molecule has 1 aliphatic rings. The third kappa shape index (κ3) is 1.84. The number of hydrogen-bond acceptors (Lipinski definition) is 1. The van der Waals surface area contributed by atoms with Crippen molar-refractivity contribution in [2.45, 2.75) is 73.0 Å². The molecule has 1 rings (SSSR count). The molecule has 1 unspecified atom stereocenters. The van der Waals surface area contributed by atoms with E-state index in [0.29, 0.717) is 5.41 Å². The summed E-state index contributed by atoms with van der Waals surface area (Å²) in [5.41, 5.74) is 0.721. The monoisotopic (exact) mass is 198 g/mol. The lowest BCUT2D eigenvalue weighted by Crippen LogP contribution is -2.38. The molecular formula is C13H26O. The molecule has 1 aliphatic heterocycles. The minimum absolute atomic E-state index is 0.0489. The van der Waals surface area contributed by atoms with Crippen molar-refractivity contribution >= 4 is 0 Å². The minimum atomic E-state index is 0.0489. The zero-order valence-electron chi connectivity index (χ0n) is 11.1. The summed E-state index contributed by atoms with van der Waals surface area (Å²) < 4.78 is 5.90. The first kappa shape index (κ1) is 12.0. The van der Waals surface area contributed by atoms with Crippen molar-refractivity contribution in [1.29, 1.82) is 0 Å². The Morgan fingerprint density at radius 3 is 1.50 bits per heavy atom. The van der Waals surface area contributed by atoms with Gasteiger partial charge >= 0.3 is 0 Å². The summed E-state index contributed by atoms with van der Waals surface area (Å²) in [7, 11) is 0. The van der Waals surface area contributed by atoms with Gasteiger partial charge in [0.15, 0.2) is 0 Å². The Morgan fingerprint density at radius 2 is 1.29 bits per heavy atom. The van der Waals surface area contributed by atoms with Gasteiger partial charge in [-0.3, -0.25) is 0 Å². The highest BCUT2D eigenvalue weighted by molar-refractivity contribution is 5.15. The highest BCUT2D eigenvalue weighted by atomic mass is 16.6. The van der Waals surface area contributed by atoms with Crippen LogP contribution in [0.4, 0.5) is 0 Å². The van der Waals surface area contributed by atoms with Crippen LogP contribution in [0.1, 0.15) is 61.8 Å². The number of ether oxygens (including phenoxy) is 1. The molecule has 0 radical (unpaired) electrons. The topological polar surface area (TPSA) is 12.5 Å². The van der Waals surface area contributed by atoms with E-state index >= 15 is 0 Å². The second-order valence-corrected chi connectivity index (χ2v) is 7.27. The standard InChI is InChI=1S/C13H26O/c1-10(2,3)9-11(4,5)13(8)12(6,7)14-13/h9H2,1-8H3. The van der Waals surface area contributed by atoms with Crippen molar-refractivity contribution in [2.75, 3.05) is 0 Å². The normalized spacial score (nSPS) is 31.7. The van der Waals surface area contributed by atoms with Crippen LogP contribution in [0.2, 0.25) is 0 Å². The van der Waals surface area contributed by atoms with E-state index in [9.17, 15) is 0 Å². The predicted octanol–water partition coefficient (Wildman–Crippen LogP) is 4.02. The maximum atomic E-state index is 5.90. The lowest BCUT2D eigenvalue weighted by Gasteiger charge is -2.37. The molecule has 1 heterocycles. The molecule has 1 fully saturated rings. The van der Waals surface area contributed by atoms with Crippen LogP contribution in [0.15, 0.2) is 0 Å². The Bertz CT molecular complexity index is 232. The van der Waals surface area contributed by atoms with Crippen LogP contribution >= 0.6 is 0 Å². The van der Waals surface area contributed by atoms with E-state index in [4.69, 9.17) is 4.74 Å². The number of rotatable bonds is 2. The summed E-state index contributed by atoms with van der Waals surface area (Å²) in [6.45, 7) is 18.2. The fraction of sp³-hybridized carbons (Fsp3) is 1.00. The summed E-state index contributed by atoms with van der Waals surface area (Å²) in [6.07, 6.45) is 1.19. The molecule has 14 heavy (non-hydrogen) atoms. The summed E-state index contributed by atoms with van der Waals surface area (Å²) in [5.74, 6) is 0. The quantitative estimate of drug-likeness (QED) is 0.611. The minimum Gasteiger partial charge on any atom is -0.363 e. The van der Waals surface area contributed by atoms with Gasteiger partial charge in [0.2, 0.25) is 0 Å². The zero-order valence-corrected chi connectivity index (χ0v) is 11.1. The van der Waals surface area contributed by atoms with E-state index in [1.165, 1.54) is 6.42 Å². The van der Waals surface area contributed by atoms with Gasteiger partial charge < -0.3 is 4.74 Å². The molecule has 0 spiro atoms. The molecule has 0 saturated carbocycles. The average molecular weight is 198 g/mol. The van der Waals surface area contributed by atoms with Gasteiger partial charge in [0.25, 0.3) is 0 Å². The van der Waals surface area contributed by atoms with E-state index in [0.717, 1.165) is 0 Å². The van der Waals surface area contributed by atoms with Crippen LogP contribution in [0.3, 0.4) is 0 Å². The van der Waals surface area contributed by atoms with Gasteiger partial charge in [0.1, 0.15) is 0 Å². The van der Waals surface area contributed by atoms with Crippen molar-refractivity contribution in [3.8, 4) is 0 Å². The fourth-order valence-corrected chi connectivity index (χ4v) is 2.93. The van der Waals surface area contributed by atoms with Crippen molar-refractivity contribution in [2.24, 2.45) is 10.8 Å². The Morgan fingerprint density at radius 1 is 0.929 bits per heavy atom. The fourth-order valence-electron chi connectivity index (χ4n) is 2.93. The van der Waals surface area contributed by atoms with Gasteiger partial charge in [0, 0.05) is 0 Å². The van der Waals surface area contributed by atoms with Crippen LogP contribution in [-0.2, 0) is 4.74 Å². The average Bonchev–Trinajstić information content (AvgIpc) is 2.26. The van der Waals surface area contributed by atoms with E-state index in [2.05, 4.69) is 55.4 Å². The Balaban J connectivity index is 2.78. The molecule has 0 aliphatic carbocycles. The van der Waals surface area contributed by atoms with Crippen LogP contribution in [0.25, 0.3) is 0 Å². The number of hydrogen-bond donors (Lipinski definition) is 0. The molecule has 1 saturated heterocycles. The molecule has 1 atom stereocenters. The van der Waals surface area contributed by atoms with Gasteiger partial charge in [-0.15, -0.1) is 0 Å². The van der Waals surface area contributed by atoms with Gasteiger partial charge in [0.05, 0.1) is 11.2 Å². The molecule has 1 heteroatoms. The van der Waals surface area contributed by atoms with Crippen molar-refractivity contribution < 1.29 is 4.74 Å². The first-order valence-corrected chi connectivity index (χ1v) is 5.62. The Labute approximate surface area is 89.2 Å². The van der Waals surface area contributed by atoms with E-state index in [1.807, 2.05) is 0 Å². The SMILES string of the molecule is CC(C)(C)CC(C)(C)C1(C)OC1(C)C. The van der Waals surface area contributed by atoms with Gasteiger partial charge in [-0.2, -0.15) is 0 Å². The van der Waals surface area contributed by atoms with Crippen LogP contribution in [0, 0.1) is 10.8 Å². The van der Waals surface area contributed by atoms with Crippen molar-refractivity contribution in [3.63, 3.8) is 0 Å². The first-order valence-electron chi connectivity index (χ1n) is 5.62. The molecule has 1 nitrogen and oxygen atoms in total. The summed E-state index contributed by atoms with van der Waals surface area (Å²) in [5, 5.41) is 0. The smallest absolute Gasteiger partial charge is 0.0997 e. The van der Waals surface area contributed by atoms with Crippen LogP contribution in [-0.4, -0.2) is 11.2 Å². The molecule has 0 bridgehead atoms. The van der Waals surface area contributed by atoms with E-state index in [-0.39, 0.29) is 16.6 Å². The molecule has 84 valence electrons. The molecular weight excluding hydrogens is 172 g/mol. The number of epoxide rings is 1. The summed E-state index contributed by atoms with van der Waals surface area (Å²) in [4.78, 5) is 0. The third-order valence-electron chi connectivity index (χ3n) is 3.83. The molecule has 0 N–H and O–H groups in total. The summed E-state index contributed by atoms with van der Waals surface area (Å²) >= 11 is 0. The second-order valence-electron chi connectivity index (χ2n) is 7.27. The summed E-state index contributed by atoms with van der Waals surface area (Å²) in [6, 6.07) is 0.